The Morgan fingerprint density at radius 2 is 2.00 bits per heavy atom. The predicted molar refractivity (Wildman–Crippen MR) is 92.8 cm³/mol. The van der Waals surface area contributed by atoms with E-state index in [-0.39, 0.29) is 5.91 Å². The van der Waals surface area contributed by atoms with E-state index in [1.807, 2.05) is 31.2 Å². The molecular formula is C17H19ClN4O2. The van der Waals surface area contributed by atoms with Crippen molar-refractivity contribution in [3.8, 4) is 5.88 Å². The van der Waals surface area contributed by atoms with Crippen LogP contribution in [0.5, 0.6) is 5.88 Å². The van der Waals surface area contributed by atoms with E-state index in [2.05, 4.69) is 14.9 Å². The highest BCUT2D eigenvalue weighted by Gasteiger charge is 2.23. The van der Waals surface area contributed by atoms with Gasteiger partial charge in [-0.3, -0.25) is 4.79 Å². The molecule has 1 aromatic carbocycles. The Morgan fingerprint density at radius 3 is 2.71 bits per heavy atom. The first kappa shape index (κ1) is 16.5. The minimum Gasteiger partial charge on any atom is -0.478 e. The monoisotopic (exact) mass is 346 g/mol. The van der Waals surface area contributed by atoms with Crippen LogP contribution in [0.4, 0.5) is 5.69 Å². The molecule has 0 atom stereocenters. The Hall–Kier alpha value is -2.34. The van der Waals surface area contributed by atoms with Crippen molar-refractivity contribution >= 4 is 23.2 Å². The molecule has 1 aliphatic heterocycles. The van der Waals surface area contributed by atoms with Crippen LogP contribution < -0.4 is 9.64 Å². The summed E-state index contributed by atoms with van der Waals surface area (Å²) in [5.41, 5.74) is 1.44. The highest BCUT2D eigenvalue weighted by molar-refractivity contribution is 6.30. The largest absolute Gasteiger partial charge is 0.478 e. The minimum absolute atomic E-state index is 0.0934. The minimum atomic E-state index is -0.0934. The normalized spacial score (nSPS) is 14.6. The van der Waals surface area contributed by atoms with E-state index < -0.39 is 0 Å². The van der Waals surface area contributed by atoms with E-state index in [0.717, 1.165) is 23.8 Å². The van der Waals surface area contributed by atoms with Gasteiger partial charge in [-0.1, -0.05) is 17.7 Å². The summed E-state index contributed by atoms with van der Waals surface area (Å²) in [5, 5.41) is 0.718. The maximum Gasteiger partial charge on any atom is 0.272 e. The Morgan fingerprint density at radius 1 is 1.21 bits per heavy atom. The zero-order valence-corrected chi connectivity index (χ0v) is 14.2. The van der Waals surface area contributed by atoms with Gasteiger partial charge in [0, 0.05) is 43.0 Å². The van der Waals surface area contributed by atoms with Gasteiger partial charge in [-0.15, -0.1) is 0 Å². The van der Waals surface area contributed by atoms with Crippen molar-refractivity contribution in [2.45, 2.75) is 6.92 Å². The molecule has 0 aliphatic carbocycles. The first-order valence-electron chi connectivity index (χ1n) is 7.92. The molecule has 0 unspecified atom stereocenters. The maximum atomic E-state index is 12.6. The molecule has 0 bridgehead atoms. The molecule has 0 spiro atoms. The molecule has 0 radical (unpaired) electrons. The molecular weight excluding hydrogens is 328 g/mol. The molecule has 24 heavy (non-hydrogen) atoms. The molecule has 1 aromatic heterocycles. The van der Waals surface area contributed by atoms with E-state index in [0.29, 0.717) is 31.3 Å². The molecule has 126 valence electrons. The molecule has 3 rings (SSSR count). The number of aromatic nitrogens is 2. The summed E-state index contributed by atoms with van der Waals surface area (Å²) in [4.78, 5) is 24.7. The van der Waals surface area contributed by atoms with Crippen LogP contribution in [-0.4, -0.2) is 53.6 Å². The lowest BCUT2D eigenvalue weighted by Crippen LogP contribution is -2.49. The molecule has 0 N–H and O–H groups in total. The third kappa shape index (κ3) is 3.76. The van der Waals surface area contributed by atoms with E-state index in [4.69, 9.17) is 16.3 Å². The predicted octanol–water partition coefficient (Wildman–Crippen LogP) is 2.49. The fourth-order valence-corrected chi connectivity index (χ4v) is 2.87. The molecule has 7 heteroatoms. The van der Waals surface area contributed by atoms with Gasteiger partial charge in [-0.05, 0) is 25.1 Å². The van der Waals surface area contributed by atoms with Crippen LogP contribution in [0.15, 0.2) is 36.7 Å². The summed E-state index contributed by atoms with van der Waals surface area (Å²) in [5.74, 6) is 0.331. The molecule has 1 fully saturated rings. The Balaban J connectivity index is 1.64. The SMILES string of the molecule is CCOc1cc(C(=O)N2CCN(c3cccc(Cl)c3)CC2)ncn1. The second-order valence-corrected chi connectivity index (χ2v) is 5.87. The lowest BCUT2D eigenvalue weighted by molar-refractivity contribution is 0.0740. The van der Waals surface area contributed by atoms with Crippen molar-refractivity contribution in [2.75, 3.05) is 37.7 Å². The van der Waals surface area contributed by atoms with Crippen LogP contribution in [0.25, 0.3) is 0 Å². The highest BCUT2D eigenvalue weighted by Crippen LogP contribution is 2.21. The van der Waals surface area contributed by atoms with Gasteiger partial charge < -0.3 is 14.5 Å². The van der Waals surface area contributed by atoms with Gasteiger partial charge in [0.15, 0.2) is 0 Å². The zero-order chi connectivity index (χ0) is 16.9. The summed E-state index contributed by atoms with van der Waals surface area (Å²) in [6, 6.07) is 9.36. The highest BCUT2D eigenvalue weighted by atomic mass is 35.5. The first-order chi connectivity index (χ1) is 11.7. The summed E-state index contributed by atoms with van der Waals surface area (Å²) >= 11 is 6.05. The van der Waals surface area contributed by atoms with Gasteiger partial charge in [0.25, 0.3) is 5.91 Å². The van der Waals surface area contributed by atoms with Crippen LogP contribution in [0, 0.1) is 0 Å². The van der Waals surface area contributed by atoms with Gasteiger partial charge in [0.2, 0.25) is 5.88 Å². The van der Waals surface area contributed by atoms with Crippen molar-refractivity contribution in [3.63, 3.8) is 0 Å². The molecule has 2 heterocycles. The molecule has 2 aromatic rings. The molecule has 6 nitrogen and oxygen atoms in total. The zero-order valence-electron chi connectivity index (χ0n) is 13.5. The number of hydrogen-bond acceptors (Lipinski definition) is 5. The second kappa shape index (κ2) is 7.49. The van der Waals surface area contributed by atoms with Crippen molar-refractivity contribution in [3.05, 3.63) is 47.4 Å². The topological polar surface area (TPSA) is 58.6 Å². The van der Waals surface area contributed by atoms with Crippen LogP contribution in [0.1, 0.15) is 17.4 Å². The number of carbonyl (C=O) groups is 1. The fraction of sp³-hybridized carbons (Fsp3) is 0.353. The number of nitrogens with zero attached hydrogens (tertiary/aromatic N) is 4. The van der Waals surface area contributed by atoms with Gasteiger partial charge in [0.1, 0.15) is 12.0 Å². The van der Waals surface area contributed by atoms with Gasteiger partial charge >= 0.3 is 0 Å². The van der Waals surface area contributed by atoms with Crippen LogP contribution >= 0.6 is 11.6 Å². The second-order valence-electron chi connectivity index (χ2n) is 5.43. The fourth-order valence-electron chi connectivity index (χ4n) is 2.69. The number of ether oxygens (including phenoxy) is 1. The van der Waals surface area contributed by atoms with Crippen molar-refractivity contribution in [2.24, 2.45) is 0 Å². The van der Waals surface area contributed by atoms with E-state index in [1.165, 1.54) is 6.33 Å². The van der Waals surface area contributed by atoms with E-state index in [1.54, 1.807) is 11.0 Å². The van der Waals surface area contributed by atoms with Crippen LogP contribution in [0.2, 0.25) is 5.02 Å². The molecule has 1 aliphatic rings. The van der Waals surface area contributed by atoms with E-state index >= 15 is 0 Å². The average Bonchev–Trinajstić information content (AvgIpc) is 2.62. The van der Waals surface area contributed by atoms with Crippen molar-refractivity contribution in [1.29, 1.82) is 0 Å². The number of halogens is 1. The number of hydrogen-bond donors (Lipinski definition) is 0. The Labute approximate surface area is 146 Å². The Kier molecular flexibility index (Phi) is 5.15. The lowest BCUT2D eigenvalue weighted by Gasteiger charge is -2.36. The number of amides is 1. The third-order valence-electron chi connectivity index (χ3n) is 3.89. The van der Waals surface area contributed by atoms with Gasteiger partial charge in [-0.25, -0.2) is 9.97 Å². The first-order valence-corrected chi connectivity index (χ1v) is 8.30. The van der Waals surface area contributed by atoms with Crippen molar-refractivity contribution < 1.29 is 9.53 Å². The summed E-state index contributed by atoms with van der Waals surface area (Å²) in [6.07, 6.45) is 1.36. The standard InChI is InChI=1S/C17H19ClN4O2/c1-2-24-16-11-15(19-12-20-16)17(23)22-8-6-21(7-9-22)14-5-3-4-13(18)10-14/h3-5,10-12H,2,6-9H2,1H3. The van der Waals surface area contributed by atoms with Crippen LogP contribution in [0.3, 0.4) is 0 Å². The molecule has 1 amide bonds. The van der Waals surface area contributed by atoms with E-state index in [9.17, 15) is 4.79 Å². The number of piperazine rings is 1. The lowest BCUT2D eigenvalue weighted by atomic mass is 10.2. The third-order valence-corrected chi connectivity index (χ3v) is 4.13. The number of anilines is 1. The maximum absolute atomic E-state index is 12.6. The number of rotatable bonds is 4. The number of carbonyl (C=O) groups excluding carboxylic acids is 1. The molecule has 1 saturated heterocycles. The van der Waals surface area contributed by atoms with Crippen LogP contribution in [-0.2, 0) is 0 Å². The van der Waals surface area contributed by atoms with Gasteiger partial charge in [0.05, 0.1) is 6.61 Å². The Bertz CT molecular complexity index is 717. The smallest absolute Gasteiger partial charge is 0.272 e. The van der Waals surface area contributed by atoms with Gasteiger partial charge in [-0.2, -0.15) is 0 Å². The average molecular weight is 347 g/mol. The van der Waals surface area contributed by atoms with Crippen molar-refractivity contribution in [1.82, 2.24) is 14.9 Å². The summed E-state index contributed by atoms with van der Waals surface area (Å²) in [6.45, 7) is 5.17. The summed E-state index contributed by atoms with van der Waals surface area (Å²) in [7, 11) is 0. The summed E-state index contributed by atoms with van der Waals surface area (Å²) < 4.78 is 5.33. The quantitative estimate of drug-likeness (QED) is 0.851. The number of benzene rings is 1. The molecule has 0 saturated carbocycles.